The maximum Gasteiger partial charge on any atom is 0.311 e. The van der Waals surface area contributed by atoms with E-state index >= 15 is 0 Å². The lowest BCUT2D eigenvalue weighted by molar-refractivity contribution is -0.153. The van der Waals surface area contributed by atoms with Crippen LogP contribution < -0.4 is 0 Å². The second-order valence-electron chi connectivity index (χ2n) is 4.08. The predicted octanol–water partition coefficient (Wildman–Crippen LogP) is 2.67. The zero-order valence-electron chi connectivity index (χ0n) is 9.55. The van der Waals surface area contributed by atoms with Gasteiger partial charge >= 0.3 is 5.97 Å². The summed E-state index contributed by atoms with van der Waals surface area (Å²) in [5.41, 5.74) is 1.06. The zero-order chi connectivity index (χ0) is 11.5. The molecule has 1 heterocycles. The van der Waals surface area contributed by atoms with Gasteiger partial charge in [0.2, 0.25) is 6.29 Å². The third kappa shape index (κ3) is 2.42. The van der Waals surface area contributed by atoms with Gasteiger partial charge < -0.3 is 9.47 Å². The summed E-state index contributed by atoms with van der Waals surface area (Å²) in [5, 5.41) is 0. The Labute approximate surface area is 95.4 Å². The molecular formula is C13H16O3. The van der Waals surface area contributed by atoms with Crippen molar-refractivity contribution < 1.29 is 14.3 Å². The van der Waals surface area contributed by atoms with Crippen molar-refractivity contribution >= 4 is 5.97 Å². The average Bonchev–Trinajstić information content (AvgIpc) is 3.08. The van der Waals surface area contributed by atoms with Crippen LogP contribution in [0.15, 0.2) is 30.3 Å². The van der Waals surface area contributed by atoms with Gasteiger partial charge in [-0.3, -0.25) is 4.79 Å². The average molecular weight is 220 g/mol. The summed E-state index contributed by atoms with van der Waals surface area (Å²) in [6.07, 6.45) is 0.333. The number of hydrogen-bond donors (Lipinski definition) is 0. The lowest BCUT2D eigenvalue weighted by Crippen LogP contribution is -2.15. The summed E-state index contributed by atoms with van der Waals surface area (Å²) in [5.74, 6) is -0.230. The Bertz CT molecular complexity index is 361. The van der Waals surface area contributed by atoms with E-state index in [9.17, 15) is 4.79 Å². The number of benzene rings is 1. The van der Waals surface area contributed by atoms with E-state index in [0.29, 0.717) is 0 Å². The molecule has 3 heteroatoms. The molecule has 0 spiro atoms. The lowest BCUT2D eigenvalue weighted by atomic mass is 10.1. The lowest BCUT2D eigenvalue weighted by Gasteiger charge is -2.06. The van der Waals surface area contributed by atoms with Crippen LogP contribution >= 0.6 is 0 Å². The van der Waals surface area contributed by atoms with Crippen molar-refractivity contribution in [3.63, 3.8) is 0 Å². The summed E-state index contributed by atoms with van der Waals surface area (Å²) < 4.78 is 10.5. The van der Waals surface area contributed by atoms with Crippen LogP contribution in [0.5, 0.6) is 0 Å². The van der Waals surface area contributed by atoms with Gasteiger partial charge in [-0.25, -0.2) is 0 Å². The fourth-order valence-corrected chi connectivity index (χ4v) is 1.46. The number of hydrogen-bond acceptors (Lipinski definition) is 3. The molecule has 1 aliphatic heterocycles. The van der Waals surface area contributed by atoms with E-state index in [1.165, 1.54) is 0 Å². The first kappa shape index (κ1) is 11.1. The molecule has 3 nitrogen and oxygen atoms in total. The molecule has 86 valence electrons. The SMILES string of the molecule is CCC(C)C(=O)OC1OC1c1ccccc1. The molecule has 2 rings (SSSR count). The molecule has 1 aromatic rings. The number of carbonyl (C=O) groups is 1. The summed E-state index contributed by atoms with van der Waals surface area (Å²) >= 11 is 0. The van der Waals surface area contributed by atoms with Crippen molar-refractivity contribution in [2.75, 3.05) is 0 Å². The highest BCUT2D eigenvalue weighted by atomic mass is 16.8. The Morgan fingerprint density at radius 2 is 2.12 bits per heavy atom. The molecule has 1 fully saturated rings. The predicted molar refractivity (Wildman–Crippen MR) is 59.6 cm³/mol. The van der Waals surface area contributed by atoms with Gasteiger partial charge in [0.1, 0.15) is 6.10 Å². The van der Waals surface area contributed by atoms with Crippen LogP contribution in [0.1, 0.15) is 31.9 Å². The van der Waals surface area contributed by atoms with Gasteiger partial charge in [0.05, 0.1) is 5.92 Å². The van der Waals surface area contributed by atoms with Crippen molar-refractivity contribution in [3.8, 4) is 0 Å². The summed E-state index contributed by atoms with van der Waals surface area (Å²) in [6.45, 7) is 3.83. The summed E-state index contributed by atoms with van der Waals surface area (Å²) in [7, 11) is 0. The van der Waals surface area contributed by atoms with Gasteiger partial charge in [-0.15, -0.1) is 0 Å². The van der Waals surface area contributed by atoms with Gasteiger partial charge in [0.15, 0.2) is 0 Å². The first-order chi connectivity index (χ1) is 7.72. The standard InChI is InChI=1S/C13H16O3/c1-3-9(2)12(14)16-13-11(15-13)10-7-5-4-6-8-10/h4-9,11,13H,3H2,1-2H3. The molecule has 0 saturated carbocycles. The molecule has 3 unspecified atom stereocenters. The second-order valence-corrected chi connectivity index (χ2v) is 4.08. The number of rotatable bonds is 4. The van der Waals surface area contributed by atoms with Gasteiger partial charge in [-0.05, 0) is 12.0 Å². The first-order valence-corrected chi connectivity index (χ1v) is 5.63. The number of ether oxygens (including phenoxy) is 2. The summed E-state index contributed by atoms with van der Waals surface area (Å²) in [6, 6.07) is 9.80. The van der Waals surface area contributed by atoms with E-state index in [1.807, 2.05) is 44.2 Å². The molecule has 0 radical (unpaired) electrons. The second kappa shape index (κ2) is 4.66. The molecule has 16 heavy (non-hydrogen) atoms. The largest absolute Gasteiger partial charge is 0.432 e. The minimum absolute atomic E-state index is 0.0550. The van der Waals surface area contributed by atoms with Crippen LogP contribution in [-0.2, 0) is 14.3 Å². The highest BCUT2D eigenvalue weighted by Gasteiger charge is 2.44. The third-order valence-corrected chi connectivity index (χ3v) is 2.83. The van der Waals surface area contributed by atoms with Gasteiger partial charge in [-0.2, -0.15) is 0 Å². The van der Waals surface area contributed by atoms with Crippen molar-refractivity contribution in [1.82, 2.24) is 0 Å². The van der Waals surface area contributed by atoms with E-state index < -0.39 is 0 Å². The van der Waals surface area contributed by atoms with Crippen LogP contribution in [0, 0.1) is 5.92 Å². The third-order valence-electron chi connectivity index (χ3n) is 2.83. The number of carbonyl (C=O) groups excluding carboxylic acids is 1. The Kier molecular flexibility index (Phi) is 3.25. The van der Waals surface area contributed by atoms with Crippen molar-refractivity contribution in [3.05, 3.63) is 35.9 Å². The molecule has 0 N–H and O–H groups in total. The molecule has 0 amide bonds. The van der Waals surface area contributed by atoms with Crippen LogP contribution in [0.25, 0.3) is 0 Å². The first-order valence-electron chi connectivity index (χ1n) is 5.63. The smallest absolute Gasteiger partial charge is 0.311 e. The number of esters is 1. The van der Waals surface area contributed by atoms with E-state index in [1.54, 1.807) is 0 Å². The summed E-state index contributed by atoms with van der Waals surface area (Å²) in [4.78, 5) is 11.5. The minimum Gasteiger partial charge on any atom is -0.432 e. The minimum atomic E-state index is -0.385. The molecule has 1 aromatic carbocycles. The Morgan fingerprint density at radius 1 is 1.44 bits per heavy atom. The van der Waals surface area contributed by atoms with Gasteiger partial charge in [0, 0.05) is 0 Å². The quantitative estimate of drug-likeness (QED) is 0.578. The van der Waals surface area contributed by atoms with E-state index in [4.69, 9.17) is 9.47 Å². The molecule has 0 aliphatic carbocycles. The highest BCUT2D eigenvalue weighted by Crippen LogP contribution is 2.39. The van der Waals surface area contributed by atoms with E-state index in [2.05, 4.69) is 0 Å². The van der Waals surface area contributed by atoms with Crippen LogP contribution in [0.4, 0.5) is 0 Å². The molecule has 1 saturated heterocycles. The van der Waals surface area contributed by atoms with Crippen LogP contribution in [0.3, 0.4) is 0 Å². The van der Waals surface area contributed by atoms with Crippen molar-refractivity contribution in [1.29, 1.82) is 0 Å². The highest BCUT2D eigenvalue weighted by molar-refractivity contribution is 5.72. The van der Waals surface area contributed by atoms with Crippen molar-refractivity contribution in [2.45, 2.75) is 32.7 Å². The monoisotopic (exact) mass is 220 g/mol. The maximum atomic E-state index is 11.5. The Hall–Kier alpha value is -1.35. The molecule has 0 aromatic heterocycles. The van der Waals surface area contributed by atoms with Crippen LogP contribution in [-0.4, -0.2) is 12.3 Å². The Balaban J connectivity index is 1.86. The number of epoxide rings is 1. The maximum absolute atomic E-state index is 11.5. The fourth-order valence-electron chi connectivity index (χ4n) is 1.46. The van der Waals surface area contributed by atoms with Crippen molar-refractivity contribution in [2.24, 2.45) is 5.92 Å². The van der Waals surface area contributed by atoms with Crippen LogP contribution in [0.2, 0.25) is 0 Å². The molecular weight excluding hydrogens is 204 g/mol. The van der Waals surface area contributed by atoms with E-state index in [-0.39, 0.29) is 24.3 Å². The normalized spacial score (nSPS) is 24.9. The van der Waals surface area contributed by atoms with Gasteiger partial charge in [-0.1, -0.05) is 44.2 Å². The molecule has 0 bridgehead atoms. The zero-order valence-corrected chi connectivity index (χ0v) is 9.55. The fraction of sp³-hybridized carbons (Fsp3) is 0.462. The molecule has 1 aliphatic rings. The Morgan fingerprint density at radius 3 is 2.75 bits per heavy atom. The van der Waals surface area contributed by atoms with E-state index in [0.717, 1.165) is 12.0 Å². The van der Waals surface area contributed by atoms with Gasteiger partial charge in [0.25, 0.3) is 0 Å². The molecule has 3 atom stereocenters. The topological polar surface area (TPSA) is 38.8 Å².